The van der Waals surface area contributed by atoms with Crippen molar-refractivity contribution in [3.05, 3.63) is 23.8 Å². The molecule has 0 aromatic heterocycles. The minimum atomic E-state index is -3.51. The van der Waals surface area contributed by atoms with Crippen LogP contribution in [0.5, 0.6) is 0 Å². The van der Waals surface area contributed by atoms with Crippen molar-refractivity contribution in [1.29, 1.82) is 0 Å². The number of benzene rings is 1. The van der Waals surface area contributed by atoms with Crippen molar-refractivity contribution in [2.45, 2.75) is 18.7 Å². The van der Waals surface area contributed by atoms with Gasteiger partial charge in [-0.3, -0.25) is 0 Å². The van der Waals surface area contributed by atoms with Crippen LogP contribution in [0.15, 0.2) is 23.1 Å². The molecule has 0 saturated carbocycles. The Morgan fingerprint density at radius 2 is 2.11 bits per heavy atom. The first kappa shape index (κ1) is 14.9. The molecule has 6 heteroatoms. The van der Waals surface area contributed by atoms with E-state index in [0.29, 0.717) is 24.4 Å². The number of rotatable bonds is 6. The Morgan fingerprint density at radius 3 is 2.72 bits per heavy atom. The van der Waals surface area contributed by atoms with Crippen LogP contribution in [-0.4, -0.2) is 28.7 Å². The lowest BCUT2D eigenvalue weighted by Crippen LogP contribution is -2.30. The third-order valence-electron chi connectivity index (χ3n) is 2.57. The molecule has 1 aromatic carbocycles. The molecule has 0 aliphatic heterocycles. The predicted molar refractivity (Wildman–Crippen MR) is 71.8 cm³/mol. The van der Waals surface area contributed by atoms with Gasteiger partial charge in [0.1, 0.15) is 0 Å². The monoisotopic (exact) mass is 272 g/mol. The molecule has 1 atom stereocenters. The Labute approximate surface area is 108 Å². The first-order chi connectivity index (χ1) is 8.36. The third kappa shape index (κ3) is 3.97. The Kier molecular flexibility index (Phi) is 5.13. The Balaban J connectivity index is 2.83. The average molecular weight is 272 g/mol. The van der Waals surface area contributed by atoms with Gasteiger partial charge < -0.3 is 10.5 Å². The fourth-order valence-corrected chi connectivity index (χ4v) is 3.02. The zero-order valence-corrected chi connectivity index (χ0v) is 11.8. The predicted octanol–water partition coefficient (Wildman–Crippen LogP) is 1.14. The van der Waals surface area contributed by atoms with Gasteiger partial charge in [-0.15, -0.1) is 0 Å². The van der Waals surface area contributed by atoms with E-state index < -0.39 is 10.0 Å². The van der Waals surface area contributed by atoms with Crippen molar-refractivity contribution in [3.63, 3.8) is 0 Å². The Bertz CT molecular complexity index is 500. The van der Waals surface area contributed by atoms with Crippen LogP contribution in [0.25, 0.3) is 0 Å². The normalized spacial score (nSPS) is 13.5. The van der Waals surface area contributed by atoms with Gasteiger partial charge in [0.15, 0.2) is 0 Å². The van der Waals surface area contributed by atoms with Gasteiger partial charge in [0.25, 0.3) is 0 Å². The maximum absolute atomic E-state index is 12.1. The van der Waals surface area contributed by atoms with Crippen molar-refractivity contribution in [1.82, 2.24) is 4.72 Å². The van der Waals surface area contributed by atoms with E-state index in [1.54, 1.807) is 26.2 Å². The van der Waals surface area contributed by atoms with Gasteiger partial charge in [-0.2, -0.15) is 0 Å². The first-order valence-corrected chi connectivity index (χ1v) is 7.20. The van der Waals surface area contributed by atoms with Crippen LogP contribution in [0, 0.1) is 12.8 Å². The van der Waals surface area contributed by atoms with Crippen molar-refractivity contribution in [3.8, 4) is 0 Å². The molecule has 0 aliphatic rings. The first-order valence-electron chi connectivity index (χ1n) is 5.71. The number of nitrogen functional groups attached to an aromatic ring is 1. The summed E-state index contributed by atoms with van der Waals surface area (Å²) in [6.07, 6.45) is 0. The fourth-order valence-electron chi connectivity index (χ4n) is 1.58. The molecule has 1 rings (SSSR count). The molecule has 1 unspecified atom stereocenters. The minimum absolute atomic E-state index is 0.117. The second-order valence-corrected chi connectivity index (χ2v) is 6.17. The van der Waals surface area contributed by atoms with Gasteiger partial charge >= 0.3 is 0 Å². The van der Waals surface area contributed by atoms with Gasteiger partial charge in [0.2, 0.25) is 10.0 Å². The summed E-state index contributed by atoms with van der Waals surface area (Å²) in [5.41, 5.74) is 6.73. The summed E-state index contributed by atoms with van der Waals surface area (Å²) in [7, 11) is -1.92. The topological polar surface area (TPSA) is 81.4 Å². The second kappa shape index (κ2) is 6.17. The number of anilines is 1. The van der Waals surface area contributed by atoms with Crippen LogP contribution >= 0.6 is 0 Å². The van der Waals surface area contributed by atoms with Crippen molar-refractivity contribution < 1.29 is 13.2 Å². The number of sulfonamides is 1. The van der Waals surface area contributed by atoms with Gasteiger partial charge in [-0.05, 0) is 30.5 Å². The van der Waals surface area contributed by atoms with E-state index in [0.717, 1.165) is 0 Å². The van der Waals surface area contributed by atoms with E-state index in [-0.39, 0.29) is 10.8 Å². The highest BCUT2D eigenvalue weighted by Gasteiger charge is 2.17. The van der Waals surface area contributed by atoms with Gasteiger partial charge in [0.05, 0.1) is 4.90 Å². The second-order valence-electron chi connectivity index (χ2n) is 4.44. The molecule has 0 fully saturated rings. The molecule has 0 bridgehead atoms. The summed E-state index contributed by atoms with van der Waals surface area (Å²) in [5.74, 6) is 0.117. The lowest BCUT2D eigenvalue weighted by atomic mass is 10.2. The smallest absolute Gasteiger partial charge is 0.240 e. The molecule has 1 aromatic rings. The van der Waals surface area contributed by atoms with Crippen LogP contribution in [-0.2, 0) is 14.8 Å². The fraction of sp³-hybridized carbons (Fsp3) is 0.500. The van der Waals surface area contributed by atoms with Crippen LogP contribution in [0.1, 0.15) is 12.5 Å². The standard InChI is InChI=1S/C12H20N2O3S/c1-9(8-17-3)7-14-18(15,16)12-6-11(13)5-4-10(12)2/h4-6,9,14H,7-8,13H2,1-3H3. The molecule has 102 valence electrons. The van der Waals surface area contributed by atoms with E-state index in [1.165, 1.54) is 6.07 Å². The summed E-state index contributed by atoms with van der Waals surface area (Å²) >= 11 is 0. The van der Waals surface area contributed by atoms with Crippen molar-refractivity contribution in [2.75, 3.05) is 26.0 Å². The molecular formula is C12H20N2O3S. The molecule has 0 aliphatic carbocycles. The van der Waals surface area contributed by atoms with Crippen LogP contribution < -0.4 is 10.5 Å². The zero-order valence-electron chi connectivity index (χ0n) is 10.9. The highest BCUT2D eigenvalue weighted by molar-refractivity contribution is 7.89. The SMILES string of the molecule is COCC(C)CNS(=O)(=O)c1cc(N)ccc1C. The van der Waals surface area contributed by atoms with E-state index in [1.807, 2.05) is 6.92 Å². The number of hydrogen-bond acceptors (Lipinski definition) is 4. The molecule has 3 N–H and O–H groups in total. The molecule has 0 heterocycles. The van der Waals surface area contributed by atoms with Gasteiger partial charge in [-0.1, -0.05) is 13.0 Å². The largest absolute Gasteiger partial charge is 0.399 e. The van der Waals surface area contributed by atoms with Crippen LogP contribution in [0.3, 0.4) is 0 Å². The Morgan fingerprint density at radius 1 is 1.44 bits per heavy atom. The highest BCUT2D eigenvalue weighted by atomic mass is 32.2. The Hall–Kier alpha value is -1.11. The molecule has 18 heavy (non-hydrogen) atoms. The number of nitrogens with two attached hydrogens (primary N) is 1. The van der Waals surface area contributed by atoms with Crippen LogP contribution in [0.4, 0.5) is 5.69 Å². The molecule has 0 radical (unpaired) electrons. The van der Waals surface area contributed by atoms with Crippen LogP contribution in [0.2, 0.25) is 0 Å². The van der Waals surface area contributed by atoms with Crippen molar-refractivity contribution in [2.24, 2.45) is 5.92 Å². The maximum atomic E-state index is 12.1. The highest BCUT2D eigenvalue weighted by Crippen LogP contribution is 2.18. The molecule has 0 saturated heterocycles. The molecule has 0 amide bonds. The third-order valence-corrected chi connectivity index (χ3v) is 4.14. The van der Waals surface area contributed by atoms with E-state index in [9.17, 15) is 8.42 Å². The lowest BCUT2D eigenvalue weighted by molar-refractivity contribution is 0.161. The quantitative estimate of drug-likeness (QED) is 0.761. The number of aryl methyl sites for hydroxylation is 1. The minimum Gasteiger partial charge on any atom is -0.399 e. The van der Waals surface area contributed by atoms with E-state index >= 15 is 0 Å². The number of ether oxygens (including phenoxy) is 1. The summed E-state index contributed by atoms with van der Waals surface area (Å²) in [6, 6.07) is 4.85. The van der Waals surface area contributed by atoms with Crippen molar-refractivity contribution >= 4 is 15.7 Å². The molecule has 0 spiro atoms. The summed E-state index contributed by atoms with van der Waals surface area (Å²) in [4.78, 5) is 0.229. The number of nitrogens with one attached hydrogen (secondary N) is 1. The van der Waals surface area contributed by atoms with Gasteiger partial charge in [0, 0.05) is 25.9 Å². The maximum Gasteiger partial charge on any atom is 0.240 e. The summed E-state index contributed by atoms with van der Waals surface area (Å²) in [5, 5.41) is 0. The summed E-state index contributed by atoms with van der Waals surface area (Å²) in [6.45, 7) is 4.51. The number of hydrogen-bond donors (Lipinski definition) is 2. The average Bonchev–Trinajstić information content (AvgIpc) is 2.30. The van der Waals surface area contributed by atoms with E-state index in [4.69, 9.17) is 10.5 Å². The molecular weight excluding hydrogens is 252 g/mol. The summed E-state index contributed by atoms with van der Waals surface area (Å²) < 4.78 is 31.7. The molecule has 5 nitrogen and oxygen atoms in total. The van der Waals surface area contributed by atoms with E-state index in [2.05, 4.69) is 4.72 Å². The van der Waals surface area contributed by atoms with Gasteiger partial charge in [-0.25, -0.2) is 13.1 Å². The number of methoxy groups -OCH3 is 1. The lowest BCUT2D eigenvalue weighted by Gasteiger charge is -2.13. The zero-order chi connectivity index (χ0) is 13.8.